The van der Waals surface area contributed by atoms with Crippen molar-refractivity contribution in [3.8, 4) is 22.8 Å². The van der Waals surface area contributed by atoms with Gasteiger partial charge >= 0.3 is 5.97 Å². The minimum Gasteiger partial charge on any atom is -0.504 e. The maximum atomic E-state index is 10.9. The Morgan fingerprint density at radius 2 is 2.17 bits per heavy atom. The molecule has 1 atom stereocenters. The van der Waals surface area contributed by atoms with Crippen LogP contribution in [0.2, 0.25) is 0 Å². The van der Waals surface area contributed by atoms with E-state index in [9.17, 15) is 9.90 Å². The summed E-state index contributed by atoms with van der Waals surface area (Å²) in [5.41, 5.74) is 1.47. The number of phenols is 1. The lowest BCUT2D eigenvalue weighted by Crippen LogP contribution is -2.14. The molecule has 2 aromatic rings. The molecule has 1 saturated carbocycles. The summed E-state index contributed by atoms with van der Waals surface area (Å²) in [5, 5.41) is 25.4. The van der Waals surface area contributed by atoms with E-state index in [2.05, 4.69) is 24.0 Å². The van der Waals surface area contributed by atoms with Crippen molar-refractivity contribution < 1.29 is 19.7 Å². The van der Waals surface area contributed by atoms with Gasteiger partial charge < -0.3 is 14.9 Å². The molecule has 1 heterocycles. The molecule has 0 spiro atoms. The summed E-state index contributed by atoms with van der Waals surface area (Å²) in [6, 6.07) is 6.38. The third kappa shape index (κ3) is 3.31. The first kappa shape index (κ1) is 15.4. The molecule has 23 heavy (non-hydrogen) atoms. The minimum atomic E-state index is -1.06. The van der Waals surface area contributed by atoms with Gasteiger partial charge in [-0.1, -0.05) is 13.8 Å². The molecule has 0 radical (unpaired) electrons. The zero-order valence-electron chi connectivity index (χ0n) is 13.2. The number of hydrogen-bond donors (Lipinski definition) is 3. The van der Waals surface area contributed by atoms with Gasteiger partial charge in [-0.2, -0.15) is 5.10 Å². The Labute approximate surface area is 134 Å². The van der Waals surface area contributed by atoms with E-state index in [1.807, 2.05) is 0 Å². The van der Waals surface area contributed by atoms with Crippen LogP contribution in [0.4, 0.5) is 0 Å². The number of aromatic amines is 1. The molecule has 3 rings (SSSR count). The smallest absolute Gasteiger partial charge is 0.353 e. The van der Waals surface area contributed by atoms with E-state index < -0.39 is 5.97 Å². The fourth-order valence-corrected chi connectivity index (χ4v) is 3.00. The zero-order valence-corrected chi connectivity index (χ0v) is 13.2. The minimum absolute atomic E-state index is 0.0214. The topological polar surface area (TPSA) is 95.4 Å². The monoisotopic (exact) mass is 316 g/mol. The van der Waals surface area contributed by atoms with Crippen LogP contribution >= 0.6 is 0 Å². The third-order valence-corrected chi connectivity index (χ3v) is 4.28. The third-order valence-electron chi connectivity index (χ3n) is 4.28. The lowest BCUT2D eigenvalue weighted by molar-refractivity contribution is 0.0690. The number of carbonyl (C=O) groups is 1. The molecule has 6 heteroatoms. The second-order valence-corrected chi connectivity index (χ2v) is 6.80. The second kappa shape index (κ2) is 5.61. The molecule has 0 amide bonds. The van der Waals surface area contributed by atoms with E-state index in [4.69, 9.17) is 9.84 Å². The van der Waals surface area contributed by atoms with E-state index in [1.165, 1.54) is 6.07 Å². The van der Waals surface area contributed by atoms with Crippen LogP contribution in [0.15, 0.2) is 24.3 Å². The van der Waals surface area contributed by atoms with Crippen molar-refractivity contribution >= 4 is 5.97 Å². The Balaban J connectivity index is 1.82. The van der Waals surface area contributed by atoms with Crippen molar-refractivity contribution in [1.82, 2.24) is 10.2 Å². The SMILES string of the molecule is CC1(C)CCC(Oc2cc(-c3cc(C(=O)O)[nH]n3)ccc2O)C1. The Hall–Kier alpha value is -2.50. The van der Waals surface area contributed by atoms with Gasteiger partial charge in [0, 0.05) is 5.56 Å². The molecule has 1 unspecified atom stereocenters. The van der Waals surface area contributed by atoms with E-state index in [1.54, 1.807) is 18.2 Å². The van der Waals surface area contributed by atoms with Gasteiger partial charge in [-0.15, -0.1) is 0 Å². The molecule has 0 saturated heterocycles. The van der Waals surface area contributed by atoms with Gasteiger partial charge in [0.05, 0.1) is 11.8 Å². The first-order valence-corrected chi connectivity index (χ1v) is 7.63. The normalized spacial score (nSPS) is 19.7. The summed E-state index contributed by atoms with van der Waals surface area (Å²) in [6.45, 7) is 4.42. The molecular formula is C17H20N2O4. The first-order chi connectivity index (χ1) is 10.8. The highest BCUT2D eigenvalue weighted by Crippen LogP contribution is 2.41. The quantitative estimate of drug-likeness (QED) is 0.803. The highest BCUT2D eigenvalue weighted by molar-refractivity contribution is 5.86. The lowest BCUT2D eigenvalue weighted by Gasteiger charge is -2.18. The van der Waals surface area contributed by atoms with Crippen molar-refractivity contribution in [1.29, 1.82) is 0 Å². The summed E-state index contributed by atoms with van der Waals surface area (Å²) in [7, 11) is 0. The predicted molar refractivity (Wildman–Crippen MR) is 84.7 cm³/mol. The van der Waals surface area contributed by atoms with E-state index in [0.717, 1.165) is 19.3 Å². The van der Waals surface area contributed by atoms with Gasteiger partial charge in [-0.05, 0) is 48.9 Å². The average molecular weight is 316 g/mol. The van der Waals surface area contributed by atoms with Gasteiger partial charge in [0.15, 0.2) is 11.5 Å². The van der Waals surface area contributed by atoms with E-state index >= 15 is 0 Å². The summed E-state index contributed by atoms with van der Waals surface area (Å²) in [5.74, 6) is -0.579. The molecular weight excluding hydrogens is 296 g/mol. The highest BCUT2D eigenvalue weighted by atomic mass is 16.5. The number of benzene rings is 1. The number of nitrogens with zero attached hydrogens (tertiary/aromatic N) is 1. The number of carboxylic acid groups (broad SMARTS) is 1. The number of nitrogens with one attached hydrogen (secondary N) is 1. The largest absolute Gasteiger partial charge is 0.504 e. The number of carboxylic acids is 1. The number of hydrogen-bond acceptors (Lipinski definition) is 4. The number of aromatic nitrogens is 2. The van der Waals surface area contributed by atoms with Crippen molar-refractivity contribution in [2.24, 2.45) is 5.41 Å². The van der Waals surface area contributed by atoms with Crippen LogP contribution in [-0.4, -0.2) is 32.5 Å². The lowest BCUT2D eigenvalue weighted by atomic mass is 9.92. The maximum Gasteiger partial charge on any atom is 0.353 e. The predicted octanol–water partition coefficient (Wildman–Crippen LogP) is 3.44. The van der Waals surface area contributed by atoms with Crippen LogP contribution in [0.1, 0.15) is 43.6 Å². The average Bonchev–Trinajstić information content (AvgIpc) is 3.08. The number of phenolic OH excluding ortho intramolecular Hbond substituents is 1. The maximum absolute atomic E-state index is 10.9. The molecule has 0 bridgehead atoms. The second-order valence-electron chi connectivity index (χ2n) is 6.80. The van der Waals surface area contributed by atoms with Crippen LogP contribution < -0.4 is 4.74 Å². The fraction of sp³-hybridized carbons (Fsp3) is 0.412. The molecule has 122 valence electrons. The molecule has 1 aliphatic carbocycles. The fourth-order valence-electron chi connectivity index (χ4n) is 3.00. The zero-order chi connectivity index (χ0) is 16.6. The molecule has 3 N–H and O–H groups in total. The van der Waals surface area contributed by atoms with Gasteiger partial charge in [0.2, 0.25) is 0 Å². The Bertz CT molecular complexity index is 736. The molecule has 1 aromatic carbocycles. The van der Waals surface area contributed by atoms with E-state index in [-0.39, 0.29) is 23.0 Å². The molecule has 0 aliphatic heterocycles. The van der Waals surface area contributed by atoms with Crippen molar-refractivity contribution in [3.05, 3.63) is 30.0 Å². The number of aromatic carboxylic acids is 1. The summed E-state index contributed by atoms with van der Waals surface area (Å²) in [6.07, 6.45) is 3.09. The molecule has 6 nitrogen and oxygen atoms in total. The van der Waals surface area contributed by atoms with E-state index in [0.29, 0.717) is 17.0 Å². The van der Waals surface area contributed by atoms with Crippen molar-refractivity contribution in [3.63, 3.8) is 0 Å². The highest BCUT2D eigenvalue weighted by Gasteiger charge is 2.32. The Morgan fingerprint density at radius 1 is 1.39 bits per heavy atom. The first-order valence-electron chi connectivity index (χ1n) is 7.63. The molecule has 1 fully saturated rings. The van der Waals surface area contributed by atoms with Crippen LogP contribution in [0.5, 0.6) is 11.5 Å². The van der Waals surface area contributed by atoms with Crippen LogP contribution in [-0.2, 0) is 0 Å². The Kier molecular flexibility index (Phi) is 3.75. The number of aromatic hydroxyl groups is 1. The molecule has 1 aromatic heterocycles. The molecule has 1 aliphatic rings. The van der Waals surface area contributed by atoms with Gasteiger partial charge in [0.25, 0.3) is 0 Å². The van der Waals surface area contributed by atoms with Gasteiger partial charge in [-0.3, -0.25) is 5.10 Å². The van der Waals surface area contributed by atoms with Crippen molar-refractivity contribution in [2.75, 3.05) is 0 Å². The van der Waals surface area contributed by atoms with Crippen LogP contribution in [0.3, 0.4) is 0 Å². The number of rotatable bonds is 4. The summed E-state index contributed by atoms with van der Waals surface area (Å²) < 4.78 is 5.95. The standard InChI is InChI=1S/C17H20N2O4/c1-17(2)6-5-11(9-17)23-15-7-10(3-4-14(15)20)12-8-13(16(21)22)19-18-12/h3-4,7-8,11,20H,5-6,9H2,1-2H3,(H,18,19)(H,21,22). The van der Waals surface area contributed by atoms with Crippen LogP contribution in [0.25, 0.3) is 11.3 Å². The number of ether oxygens (including phenoxy) is 1. The summed E-state index contributed by atoms with van der Waals surface area (Å²) >= 11 is 0. The van der Waals surface area contributed by atoms with Crippen LogP contribution in [0, 0.1) is 5.41 Å². The Morgan fingerprint density at radius 3 is 2.78 bits per heavy atom. The summed E-state index contributed by atoms with van der Waals surface area (Å²) in [4.78, 5) is 10.9. The van der Waals surface area contributed by atoms with Gasteiger partial charge in [0.1, 0.15) is 5.69 Å². The number of H-pyrrole nitrogens is 1. The van der Waals surface area contributed by atoms with Crippen molar-refractivity contribution in [2.45, 2.75) is 39.2 Å². The van der Waals surface area contributed by atoms with Gasteiger partial charge in [-0.25, -0.2) is 4.79 Å².